The summed E-state index contributed by atoms with van der Waals surface area (Å²) in [7, 11) is 9.05. The van der Waals surface area contributed by atoms with Crippen molar-refractivity contribution in [1.29, 1.82) is 5.26 Å². The molecule has 0 spiro atoms. The molecule has 0 atom stereocenters. The van der Waals surface area contributed by atoms with E-state index in [0.29, 0.717) is 0 Å². The van der Waals surface area contributed by atoms with Crippen LogP contribution in [0.15, 0.2) is 0 Å². The van der Waals surface area contributed by atoms with Gasteiger partial charge in [0.25, 0.3) is 0 Å². The molecule has 0 aromatic rings. The van der Waals surface area contributed by atoms with Gasteiger partial charge < -0.3 is 38.4 Å². The maximum atomic E-state index is 7.13. The molecule has 0 aliphatic carbocycles. The minimum absolute atomic E-state index is 0. The molecule has 152 valence electrons. The standard InChI is InChI=1S/C16H36N4.CHNS.H2N.Ni/c1-17-9-5-11-18(2)13-7-15-20(4)16-8-14-19(3)12-6-10-17;2-1-3;;/h5-16H2,1-4H3;3H;1H2;/q;;-1;+2/p-1. The molecule has 0 aromatic heterocycles. The second-order valence-corrected chi connectivity index (χ2v) is 6.90. The van der Waals surface area contributed by atoms with Gasteiger partial charge in [0.1, 0.15) is 0 Å². The maximum absolute atomic E-state index is 7.13. The second kappa shape index (κ2) is 20.3. The van der Waals surface area contributed by atoms with Crippen molar-refractivity contribution in [3.8, 4) is 5.40 Å². The van der Waals surface area contributed by atoms with E-state index in [2.05, 4.69) is 60.4 Å². The third-order valence-electron chi connectivity index (χ3n) is 4.32. The Labute approximate surface area is 171 Å². The topological polar surface area (TPSA) is 70.2 Å². The second-order valence-electron chi connectivity index (χ2n) is 6.72. The molecule has 2 N–H and O–H groups in total. The fourth-order valence-corrected chi connectivity index (χ4v) is 2.89. The van der Waals surface area contributed by atoms with Gasteiger partial charge in [0.15, 0.2) is 0 Å². The monoisotopic (exact) mass is 416 g/mol. The van der Waals surface area contributed by atoms with E-state index < -0.39 is 0 Å². The van der Waals surface area contributed by atoms with Crippen molar-refractivity contribution in [3.05, 3.63) is 6.15 Å². The van der Waals surface area contributed by atoms with Crippen LogP contribution in [-0.2, 0) is 29.1 Å². The van der Waals surface area contributed by atoms with Crippen LogP contribution in [0.3, 0.4) is 0 Å². The van der Waals surface area contributed by atoms with Crippen molar-refractivity contribution in [3.63, 3.8) is 0 Å². The van der Waals surface area contributed by atoms with Crippen LogP contribution in [0, 0.1) is 10.7 Å². The molecule has 1 heterocycles. The van der Waals surface area contributed by atoms with E-state index in [0.717, 1.165) is 0 Å². The summed E-state index contributed by atoms with van der Waals surface area (Å²) in [6.07, 6.45) is 5.16. The van der Waals surface area contributed by atoms with Crippen molar-refractivity contribution in [1.82, 2.24) is 19.6 Å². The first-order valence-corrected chi connectivity index (χ1v) is 9.15. The summed E-state index contributed by atoms with van der Waals surface area (Å²) in [5.74, 6) is 0. The average Bonchev–Trinajstić information content (AvgIpc) is 2.47. The SMILES string of the molecule is CN1CCCN(C)CCCN(C)CCCN(C)CCC1.N#C[S-].[NH2-].[Ni+2]. The molecule has 0 unspecified atom stereocenters. The van der Waals surface area contributed by atoms with Gasteiger partial charge in [-0.3, -0.25) is 0 Å². The van der Waals surface area contributed by atoms with Gasteiger partial charge in [0.05, 0.1) is 0 Å². The van der Waals surface area contributed by atoms with Crippen molar-refractivity contribution < 1.29 is 16.5 Å². The molecule has 0 bridgehead atoms. The minimum Gasteiger partial charge on any atom is -0.696 e. The van der Waals surface area contributed by atoms with Gasteiger partial charge in [0.2, 0.25) is 0 Å². The molecule has 0 radical (unpaired) electrons. The Morgan fingerprint density at radius 2 is 0.720 bits per heavy atom. The normalized spacial score (nSPS) is 20.9. The molecule has 1 saturated heterocycles. The van der Waals surface area contributed by atoms with Gasteiger partial charge >= 0.3 is 16.5 Å². The Morgan fingerprint density at radius 3 is 0.840 bits per heavy atom. The van der Waals surface area contributed by atoms with E-state index in [1.807, 2.05) is 0 Å². The van der Waals surface area contributed by atoms with E-state index in [-0.39, 0.29) is 22.6 Å². The molecule has 0 amide bonds. The summed E-state index contributed by atoms with van der Waals surface area (Å²) in [6.45, 7) is 9.84. The molecule has 25 heavy (non-hydrogen) atoms. The van der Waals surface area contributed by atoms with Crippen molar-refractivity contribution in [2.24, 2.45) is 0 Å². The van der Waals surface area contributed by atoms with Gasteiger partial charge in [-0.25, -0.2) is 5.26 Å². The Bertz CT molecular complexity index is 252. The van der Waals surface area contributed by atoms with Crippen LogP contribution in [0.5, 0.6) is 0 Å². The number of thiocyanates is 1. The van der Waals surface area contributed by atoms with Gasteiger partial charge in [-0.1, -0.05) is 5.40 Å². The molecule has 0 aromatic carbocycles. The van der Waals surface area contributed by atoms with E-state index >= 15 is 0 Å². The summed E-state index contributed by atoms with van der Waals surface area (Å²) in [5.41, 5.74) is 0. The molecule has 0 saturated carbocycles. The minimum atomic E-state index is 0. The van der Waals surface area contributed by atoms with Gasteiger partial charge in [-0.15, -0.1) is 0 Å². The summed E-state index contributed by atoms with van der Waals surface area (Å²) in [5, 5.41) is 8.47. The molecule has 1 rings (SSSR count). The number of rotatable bonds is 0. The Kier molecular flexibility index (Phi) is 24.2. The maximum Gasteiger partial charge on any atom is 2.00 e. The number of hydrogen-bond donors (Lipinski definition) is 0. The quantitative estimate of drug-likeness (QED) is 0.341. The van der Waals surface area contributed by atoms with E-state index in [1.165, 1.54) is 83.4 Å². The van der Waals surface area contributed by atoms with Crippen molar-refractivity contribution >= 4 is 12.6 Å². The van der Waals surface area contributed by atoms with Crippen LogP contribution in [0.1, 0.15) is 25.7 Å². The third kappa shape index (κ3) is 20.2. The number of nitrogens with zero attached hydrogens (tertiary/aromatic N) is 5. The zero-order valence-corrected chi connectivity index (χ0v) is 18.3. The van der Waals surface area contributed by atoms with Gasteiger partial charge in [-0.2, -0.15) is 0 Å². The Balaban J connectivity index is -0.000000900. The molecule has 1 aliphatic heterocycles. The van der Waals surface area contributed by atoms with Crippen LogP contribution < -0.4 is 0 Å². The molecular weight excluding hydrogens is 379 g/mol. The van der Waals surface area contributed by atoms with Crippen LogP contribution in [0.25, 0.3) is 6.15 Å². The smallest absolute Gasteiger partial charge is 0.696 e. The first-order chi connectivity index (χ1) is 11.0. The zero-order valence-electron chi connectivity index (χ0n) is 16.5. The van der Waals surface area contributed by atoms with E-state index in [1.54, 1.807) is 0 Å². The van der Waals surface area contributed by atoms with Gasteiger partial charge in [-0.05, 0) is 106 Å². The molecule has 1 fully saturated rings. The summed E-state index contributed by atoms with van der Waals surface area (Å²) < 4.78 is 0. The van der Waals surface area contributed by atoms with Crippen LogP contribution in [0.4, 0.5) is 0 Å². The summed E-state index contributed by atoms with van der Waals surface area (Å²) in [6, 6.07) is 0. The average molecular weight is 417 g/mol. The molecule has 1 aliphatic rings. The van der Waals surface area contributed by atoms with Crippen LogP contribution >= 0.6 is 0 Å². The fourth-order valence-electron chi connectivity index (χ4n) is 2.89. The van der Waals surface area contributed by atoms with Crippen LogP contribution in [0.2, 0.25) is 0 Å². The van der Waals surface area contributed by atoms with Gasteiger partial charge in [0, 0.05) is 0 Å². The largest absolute Gasteiger partial charge is 2.00 e. The molecule has 8 heteroatoms. The number of nitrogens with two attached hydrogens (primary N) is 1. The zero-order chi connectivity index (χ0) is 17.5. The predicted octanol–water partition coefficient (Wildman–Crippen LogP) is 2.02. The summed E-state index contributed by atoms with van der Waals surface area (Å²) in [4.78, 5) is 9.95. The first kappa shape index (κ1) is 29.8. The Hall–Kier alpha value is 0.00351. The first-order valence-electron chi connectivity index (χ1n) is 8.75. The third-order valence-corrected chi connectivity index (χ3v) is 4.32. The fraction of sp³-hybridized carbons (Fsp3) is 0.941. The van der Waals surface area contributed by atoms with E-state index in [4.69, 9.17) is 5.26 Å². The molecular formula is C17H38N6NiS. The van der Waals surface area contributed by atoms with Crippen LogP contribution in [-0.4, -0.2) is 100 Å². The number of hydrogen-bond acceptors (Lipinski definition) is 6. The Morgan fingerprint density at radius 1 is 0.600 bits per heavy atom. The summed E-state index contributed by atoms with van der Waals surface area (Å²) >= 11 is 3.70. The van der Waals surface area contributed by atoms with E-state index in [9.17, 15) is 0 Å². The molecule has 6 nitrogen and oxygen atoms in total. The number of nitriles is 1. The predicted molar refractivity (Wildman–Crippen MR) is 107 cm³/mol. The van der Waals surface area contributed by atoms with Crippen molar-refractivity contribution in [2.75, 3.05) is 80.5 Å². The van der Waals surface area contributed by atoms with Crippen molar-refractivity contribution in [2.45, 2.75) is 25.7 Å².